The van der Waals surface area contributed by atoms with Crippen LogP contribution < -0.4 is 4.90 Å². The maximum absolute atomic E-state index is 13.0. The van der Waals surface area contributed by atoms with Gasteiger partial charge >= 0.3 is 6.03 Å². The molecule has 3 aromatic rings. The molecular weight excluding hydrogens is 362 g/mol. The minimum Gasteiger partial charge on any atom is -0.327 e. The number of urea groups is 1. The zero-order valence-electron chi connectivity index (χ0n) is 15.1. The number of aromatic nitrogens is 1. The number of amides is 2. The predicted octanol–water partition coefficient (Wildman–Crippen LogP) is 5.10. The molecule has 0 saturated heterocycles. The summed E-state index contributed by atoms with van der Waals surface area (Å²) in [6.07, 6.45) is 1.75. The number of benzene rings is 2. The number of anilines is 1. The minimum absolute atomic E-state index is 0.0257. The number of fused-ring (bicyclic) bond motifs is 1. The SMILES string of the molecule is CCCN(C(=O)N(C)CCc1ccccc1)c1ccc2nc(S)sc2c1. The van der Waals surface area contributed by atoms with Crippen LogP contribution in [0.15, 0.2) is 52.9 Å². The molecule has 0 N–H and O–H groups in total. The Balaban J connectivity index is 1.75. The topological polar surface area (TPSA) is 36.4 Å². The number of nitrogens with zero attached hydrogens (tertiary/aromatic N) is 3. The quantitative estimate of drug-likeness (QED) is 0.600. The summed E-state index contributed by atoms with van der Waals surface area (Å²) in [6, 6.07) is 16.2. The second-order valence-electron chi connectivity index (χ2n) is 6.24. The zero-order chi connectivity index (χ0) is 18.5. The largest absolute Gasteiger partial charge is 0.327 e. The molecule has 0 aliphatic heterocycles. The second kappa shape index (κ2) is 8.56. The molecule has 2 aromatic carbocycles. The van der Waals surface area contributed by atoms with E-state index in [1.165, 1.54) is 16.9 Å². The molecule has 0 aliphatic rings. The Hall–Kier alpha value is -2.05. The number of hydrogen-bond donors (Lipinski definition) is 1. The van der Waals surface area contributed by atoms with Crippen LogP contribution in [0.4, 0.5) is 10.5 Å². The summed E-state index contributed by atoms with van der Waals surface area (Å²) in [4.78, 5) is 21.0. The molecule has 6 heteroatoms. The van der Waals surface area contributed by atoms with Crippen molar-refractivity contribution in [3.8, 4) is 0 Å². The minimum atomic E-state index is 0.0257. The van der Waals surface area contributed by atoms with E-state index in [1.807, 2.05) is 48.3 Å². The van der Waals surface area contributed by atoms with Crippen molar-refractivity contribution in [2.45, 2.75) is 24.1 Å². The van der Waals surface area contributed by atoms with Gasteiger partial charge in [0.25, 0.3) is 0 Å². The fourth-order valence-electron chi connectivity index (χ4n) is 2.87. The number of thiazole rings is 1. The number of thiol groups is 1. The van der Waals surface area contributed by atoms with Crippen LogP contribution in [0.2, 0.25) is 0 Å². The van der Waals surface area contributed by atoms with E-state index in [0.717, 1.165) is 33.1 Å². The van der Waals surface area contributed by atoms with Crippen LogP contribution in [0.3, 0.4) is 0 Å². The predicted molar refractivity (Wildman–Crippen MR) is 113 cm³/mol. The van der Waals surface area contributed by atoms with E-state index in [1.54, 1.807) is 4.90 Å². The van der Waals surface area contributed by atoms with Crippen LogP contribution in [-0.4, -0.2) is 36.1 Å². The number of rotatable bonds is 6. The third-order valence-corrected chi connectivity index (χ3v) is 5.45. The van der Waals surface area contributed by atoms with Gasteiger partial charge in [-0.2, -0.15) is 0 Å². The molecule has 0 unspecified atom stereocenters. The number of hydrogen-bond acceptors (Lipinski definition) is 4. The molecule has 0 radical (unpaired) electrons. The molecule has 2 amide bonds. The highest BCUT2D eigenvalue weighted by Gasteiger charge is 2.19. The lowest BCUT2D eigenvalue weighted by Gasteiger charge is -2.28. The first-order valence-corrected chi connectivity index (χ1v) is 10.0. The molecule has 26 heavy (non-hydrogen) atoms. The van der Waals surface area contributed by atoms with Gasteiger partial charge in [0.1, 0.15) is 4.34 Å². The van der Waals surface area contributed by atoms with E-state index in [4.69, 9.17) is 0 Å². The number of carbonyl (C=O) groups excluding carboxylic acids is 1. The number of likely N-dealkylation sites (N-methyl/N-ethyl adjacent to an activating group) is 1. The smallest absolute Gasteiger partial charge is 0.324 e. The van der Waals surface area contributed by atoms with Gasteiger partial charge in [0.05, 0.1) is 10.2 Å². The molecule has 0 saturated carbocycles. The number of carbonyl (C=O) groups is 1. The van der Waals surface area contributed by atoms with E-state index >= 15 is 0 Å². The fraction of sp³-hybridized carbons (Fsp3) is 0.300. The molecule has 0 aliphatic carbocycles. The first kappa shape index (κ1) is 18.7. The molecule has 0 fully saturated rings. The first-order valence-electron chi connectivity index (χ1n) is 8.74. The molecule has 0 atom stereocenters. The Labute approximate surface area is 163 Å². The van der Waals surface area contributed by atoms with Crippen molar-refractivity contribution >= 4 is 45.9 Å². The molecule has 4 nitrogen and oxygen atoms in total. The lowest BCUT2D eigenvalue weighted by Crippen LogP contribution is -2.42. The Kier molecular flexibility index (Phi) is 6.16. The average molecular weight is 386 g/mol. The Morgan fingerprint density at radius 1 is 1.15 bits per heavy atom. The summed E-state index contributed by atoms with van der Waals surface area (Å²) in [6.45, 7) is 3.46. The summed E-state index contributed by atoms with van der Waals surface area (Å²) < 4.78 is 1.79. The van der Waals surface area contributed by atoms with Gasteiger partial charge < -0.3 is 4.90 Å². The fourth-order valence-corrected chi connectivity index (χ4v) is 4.01. The van der Waals surface area contributed by atoms with Crippen molar-refractivity contribution in [1.82, 2.24) is 9.88 Å². The van der Waals surface area contributed by atoms with Crippen molar-refractivity contribution in [3.05, 3.63) is 54.1 Å². The molecule has 1 heterocycles. The Morgan fingerprint density at radius 3 is 2.65 bits per heavy atom. The molecule has 0 bridgehead atoms. The first-order chi connectivity index (χ1) is 12.6. The van der Waals surface area contributed by atoms with E-state index in [-0.39, 0.29) is 6.03 Å². The van der Waals surface area contributed by atoms with Crippen LogP contribution >= 0.6 is 24.0 Å². The normalized spacial score (nSPS) is 10.9. The second-order valence-corrected chi connectivity index (χ2v) is 8.00. The summed E-state index contributed by atoms with van der Waals surface area (Å²) >= 11 is 5.86. The van der Waals surface area contributed by atoms with Crippen LogP contribution in [0.5, 0.6) is 0 Å². The third kappa shape index (κ3) is 4.37. The molecule has 1 aromatic heterocycles. The summed E-state index contributed by atoms with van der Waals surface area (Å²) in [5, 5.41) is 0. The molecule has 3 rings (SSSR count). The lowest BCUT2D eigenvalue weighted by molar-refractivity contribution is 0.216. The van der Waals surface area contributed by atoms with Crippen LogP contribution in [0.1, 0.15) is 18.9 Å². The highest BCUT2D eigenvalue weighted by Crippen LogP contribution is 2.29. The summed E-state index contributed by atoms with van der Waals surface area (Å²) in [5.74, 6) is 0. The average Bonchev–Trinajstić information content (AvgIpc) is 3.03. The Bertz CT molecular complexity index is 879. The summed E-state index contributed by atoms with van der Waals surface area (Å²) in [5.41, 5.74) is 3.07. The van der Waals surface area contributed by atoms with Gasteiger partial charge in [-0.1, -0.05) is 37.3 Å². The molecular formula is C20H23N3OS2. The lowest BCUT2D eigenvalue weighted by atomic mass is 10.1. The van der Waals surface area contributed by atoms with Gasteiger partial charge in [0.15, 0.2) is 0 Å². The van der Waals surface area contributed by atoms with Crippen molar-refractivity contribution in [1.29, 1.82) is 0 Å². The van der Waals surface area contributed by atoms with Gasteiger partial charge in [-0.3, -0.25) is 4.90 Å². The maximum Gasteiger partial charge on any atom is 0.324 e. The van der Waals surface area contributed by atoms with Crippen molar-refractivity contribution in [3.63, 3.8) is 0 Å². The molecule has 136 valence electrons. The van der Waals surface area contributed by atoms with Gasteiger partial charge in [-0.05, 0) is 36.6 Å². The Morgan fingerprint density at radius 2 is 1.92 bits per heavy atom. The van der Waals surface area contributed by atoms with Crippen LogP contribution in [-0.2, 0) is 6.42 Å². The summed E-state index contributed by atoms with van der Waals surface area (Å²) in [7, 11) is 1.87. The van der Waals surface area contributed by atoms with E-state index < -0.39 is 0 Å². The highest BCUT2D eigenvalue weighted by atomic mass is 32.2. The van der Waals surface area contributed by atoms with Gasteiger partial charge in [-0.15, -0.1) is 24.0 Å². The highest BCUT2D eigenvalue weighted by molar-refractivity contribution is 7.82. The van der Waals surface area contributed by atoms with E-state index in [9.17, 15) is 4.79 Å². The van der Waals surface area contributed by atoms with Gasteiger partial charge in [0.2, 0.25) is 0 Å². The van der Waals surface area contributed by atoms with Crippen molar-refractivity contribution in [2.24, 2.45) is 0 Å². The maximum atomic E-state index is 13.0. The van der Waals surface area contributed by atoms with Gasteiger partial charge in [0, 0.05) is 25.8 Å². The van der Waals surface area contributed by atoms with Gasteiger partial charge in [-0.25, -0.2) is 9.78 Å². The van der Waals surface area contributed by atoms with E-state index in [2.05, 4.69) is 36.7 Å². The van der Waals surface area contributed by atoms with Crippen LogP contribution in [0.25, 0.3) is 10.2 Å². The van der Waals surface area contributed by atoms with Crippen molar-refractivity contribution < 1.29 is 4.79 Å². The molecule has 0 spiro atoms. The van der Waals surface area contributed by atoms with E-state index in [0.29, 0.717) is 13.1 Å². The monoisotopic (exact) mass is 385 g/mol. The third-order valence-electron chi connectivity index (χ3n) is 4.26. The van der Waals surface area contributed by atoms with Crippen molar-refractivity contribution in [2.75, 3.05) is 25.0 Å². The van der Waals surface area contributed by atoms with Crippen LogP contribution in [0, 0.1) is 0 Å². The standard InChI is InChI=1S/C20H23N3OS2/c1-3-12-23(16-9-10-17-18(14-16)26-19(25)21-17)20(24)22(2)13-11-15-7-5-4-6-8-15/h4-10,14H,3,11-13H2,1-2H3,(H,21,25). The zero-order valence-corrected chi connectivity index (χ0v) is 16.8.